The van der Waals surface area contributed by atoms with Crippen LogP contribution in [0.25, 0.3) is 10.8 Å². The summed E-state index contributed by atoms with van der Waals surface area (Å²) < 4.78 is 5.21. The molecule has 0 saturated heterocycles. The zero-order valence-electron chi connectivity index (χ0n) is 9.84. The van der Waals surface area contributed by atoms with E-state index >= 15 is 0 Å². The van der Waals surface area contributed by atoms with Gasteiger partial charge in [-0.3, -0.25) is 0 Å². The summed E-state index contributed by atoms with van der Waals surface area (Å²) in [6.45, 7) is 4.37. The molecule has 2 N–H and O–H groups in total. The number of nitrogens with two attached hydrogens (primary N) is 1. The highest BCUT2D eigenvalue weighted by atomic mass is 32.2. The second kappa shape index (κ2) is 5.55. The molecule has 0 aliphatic carbocycles. The SMILES string of the molecule is CCC(C)SCc1noc(-c2sccc2N)n1. The Hall–Kier alpha value is -1.01. The Morgan fingerprint density at radius 3 is 3.06 bits per heavy atom. The second-order valence-electron chi connectivity index (χ2n) is 3.75. The van der Waals surface area contributed by atoms with Crippen LogP contribution in [0.1, 0.15) is 26.1 Å². The normalized spacial score (nSPS) is 12.8. The van der Waals surface area contributed by atoms with Crippen molar-refractivity contribution < 1.29 is 4.52 Å². The quantitative estimate of drug-likeness (QED) is 0.901. The summed E-state index contributed by atoms with van der Waals surface area (Å²) in [5.41, 5.74) is 6.50. The first kappa shape index (κ1) is 12.4. The number of rotatable bonds is 5. The van der Waals surface area contributed by atoms with Crippen LogP contribution in [-0.2, 0) is 5.75 Å². The molecule has 1 atom stereocenters. The number of thiophene rings is 1. The molecule has 2 aromatic heterocycles. The van der Waals surface area contributed by atoms with E-state index in [1.54, 1.807) is 0 Å². The molecule has 92 valence electrons. The molecule has 4 nitrogen and oxygen atoms in total. The average molecular weight is 269 g/mol. The number of nitrogen functional groups attached to an aromatic ring is 1. The molecule has 6 heteroatoms. The van der Waals surface area contributed by atoms with Crippen molar-refractivity contribution in [1.29, 1.82) is 0 Å². The third kappa shape index (κ3) is 3.01. The highest BCUT2D eigenvalue weighted by Gasteiger charge is 2.13. The Kier molecular flexibility index (Phi) is 4.06. The molecule has 0 amide bonds. The van der Waals surface area contributed by atoms with Crippen LogP contribution in [0.3, 0.4) is 0 Å². The smallest absolute Gasteiger partial charge is 0.270 e. The van der Waals surface area contributed by atoms with Gasteiger partial charge in [-0.15, -0.1) is 11.3 Å². The molecule has 17 heavy (non-hydrogen) atoms. The molecule has 0 aromatic carbocycles. The molecule has 2 aromatic rings. The Balaban J connectivity index is 2.04. The lowest BCUT2D eigenvalue weighted by Crippen LogP contribution is -1.94. The van der Waals surface area contributed by atoms with Crippen LogP contribution in [0.4, 0.5) is 5.69 Å². The van der Waals surface area contributed by atoms with E-state index in [2.05, 4.69) is 24.0 Å². The Labute approximate surface area is 109 Å². The molecule has 2 heterocycles. The van der Waals surface area contributed by atoms with Crippen molar-refractivity contribution in [2.75, 3.05) is 5.73 Å². The lowest BCUT2D eigenvalue weighted by Gasteiger charge is -2.04. The number of hydrogen-bond acceptors (Lipinski definition) is 6. The van der Waals surface area contributed by atoms with Crippen molar-refractivity contribution in [2.45, 2.75) is 31.3 Å². The summed E-state index contributed by atoms with van der Waals surface area (Å²) in [6.07, 6.45) is 1.15. The van der Waals surface area contributed by atoms with Crippen molar-refractivity contribution in [3.05, 3.63) is 17.3 Å². The molecular formula is C11H15N3OS2. The first-order valence-electron chi connectivity index (χ1n) is 5.48. The summed E-state index contributed by atoms with van der Waals surface area (Å²) in [5, 5.41) is 6.50. The third-order valence-electron chi connectivity index (χ3n) is 2.43. The van der Waals surface area contributed by atoms with Crippen LogP contribution in [0.5, 0.6) is 0 Å². The van der Waals surface area contributed by atoms with Gasteiger partial charge in [0.25, 0.3) is 5.89 Å². The van der Waals surface area contributed by atoms with E-state index in [9.17, 15) is 0 Å². The molecule has 0 saturated carbocycles. The van der Waals surface area contributed by atoms with Gasteiger partial charge in [-0.25, -0.2) is 0 Å². The predicted octanol–water partition coefficient (Wildman–Crippen LogP) is 3.41. The summed E-state index contributed by atoms with van der Waals surface area (Å²) in [6, 6.07) is 1.85. The second-order valence-corrected chi connectivity index (χ2v) is 6.09. The van der Waals surface area contributed by atoms with Crippen LogP contribution >= 0.6 is 23.1 Å². The molecule has 0 fully saturated rings. The van der Waals surface area contributed by atoms with Crippen molar-refractivity contribution in [3.8, 4) is 10.8 Å². The number of anilines is 1. The third-order valence-corrected chi connectivity index (χ3v) is 4.68. The van der Waals surface area contributed by atoms with Crippen LogP contribution < -0.4 is 5.73 Å². The largest absolute Gasteiger partial charge is 0.397 e. The molecule has 2 rings (SSSR count). The van der Waals surface area contributed by atoms with Gasteiger partial charge < -0.3 is 10.3 Å². The maximum atomic E-state index is 5.80. The van der Waals surface area contributed by atoms with E-state index in [1.807, 2.05) is 23.2 Å². The Morgan fingerprint density at radius 1 is 1.59 bits per heavy atom. The standard InChI is InChI=1S/C11H15N3OS2/c1-3-7(2)17-6-9-13-11(15-14-9)10-8(12)4-5-16-10/h4-5,7H,3,6,12H2,1-2H3. The van der Waals surface area contributed by atoms with Gasteiger partial charge in [0.2, 0.25) is 0 Å². The molecule has 0 aliphatic rings. The number of hydrogen-bond donors (Lipinski definition) is 1. The fourth-order valence-electron chi connectivity index (χ4n) is 1.23. The fraction of sp³-hybridized carbons (Fsp3) is 0.455. The molecule has 1 unspecified atom stereocenters. The van der Waals surface area contributed by atoms with E-state index in [1.165, 1.54) is 11.3 Å². The topological polar surface area (TPSA) is 64.9 Å². The van der Waals surface area contributed by atoms with E-state index in [0.717, 1.165) is 22.9 Å². The molecular weight excluding hydrogens is 254 g/mol. The van der Waals surface area contributed by atoms with Gasteiger partial charge in [0.05, 0.1) is 11.4 Å². The zero-order chi connectivity index (χ0) is 12.3. The van der Waals surface area contributed by atoms with Gasteiger partial charge in [0, 0.05) is 5.25 Å². The van der Waals surface area contributed by atoms with E-state index in [0.29, 0.717) is 16.8 Å². The van der Waals surface area contributed by atoms with Gasteiger partial charge in [0.1, 0.15) is 4.88 Å². The minimum atomic E-state index is 0.525. The number of aromatic nitrogens is 2. The van der Waals surface area contributed by atoms with Crippen LogP contribution in [-0.4, -0.2) is 15.4 Å². The highest BCUT2D eigenvalue weighted by Crippen LogP contribution is 2.30. The summed E-state index contributed by atoms with van der Waals surface area (Å²) >= 11 is 3.35. The lowest BCUT2D eigenvalue weighted by atomic mass is 10.4. The highest BCUT2D eigenvalue weighted by molar-refractivity contribution is 7.99. The maximum Gasteiger partial charge on any atom is 0.270 e. The zero-order valence-corrected chi connectivity index (χ0v) is 11.5. The van der Waals surface area contributed by atoms with Crippen molar-refractivity contribution in [1.82, 2.24) is 10.1 Å². The van der Waals surface area contributed by atoms with Gasteiger partial charge in [-0.1, -0.05) is 19.0 Å². The maximum absolute atomic E-state index is 5.80. The molecule has 0 spiro atoms. The fourth-order valence-corrected chi connectivity index (χ4v) is 2.76. The van der Waals surface area contributed by atoms with Gasteiger partial charge in [0.15, 0.2) is 5.82 Å². The van der Waals surface area contributed by atoms with E-state index in [4.69, 9.17) is 10.3 Å². The predicted molar refractivity (Wildman–Crippen MR) is 73.1 cm³/mol. The van der Waals surface area contributed by atoms with Crippen molar-refractivity contribution >= 4 is 28.8 Å². The minimum Gasteiger partial charge on any atom is -0.397 e. The monoisotopic (exact) mass is 269 g/mol. The van der Waals surface area contributed by atoms with E-state index in [-0.39, 0.29) is 0 Å². The minimum absolute atomic E-state index is 0.525. The lowest BCUT2D eigenvalue weighted by molar-refractivity contribution is 0.426. The average Bonchev–Trinajstić information content (AvgIpc) is 2.94. The number of nitrogens with zero attached hydrogens (tertiary/aromatic N) is 2. The Morgan fingerprint density at radius 2 is 2.41 bits per heavy atom. The number of thioether (sulfide) groups is 1. The van der Waals surface area contributed by atoms with Gasteiger partial charge >= 0.3 is 0 Å². The van der Waals surface area contributed by atoms with Crippen molar-refractivity contribution in [2.24, 2.45) is 0 Å². The first-order chi connectivity index (χ1) is 8.20. The van der Waals surface area contributed by atoms with E-state index < -0.39 is 0 Å². The van der Waals surface area contributed by atoms with Crippen LogP contribution in [0.15, 0.2) is 16.0 Å². The summed E-state index contributed by atoms with van der Waals surface area (Å²) in [4.78, 5) is 5.21. The Bertz CT molecular complexity index is 481. The molecule has 0 bridgehead atoms. The molecule has 0 radical (unpaired) electrons. The summed E-state index contributed by atoms with van der Waals surface area (Å²) in [5.74, 6) is 2.04. The van der Waals surface area contributed by atoms with Gasteiger partial charge in [-0.2, -0.15) is 16.7 Å². The van der Waals surface area contributed by atoms with Gasteiger partial charge in [-0.05, 0) is 17.9 Å². The van der Waals surface area contributed by atoms with Crippen molar-refractivity contribution in [3.63, 3.8) is 0 Å². The van der Waals surface area contributed by atoms with Crippen LogP contribution in [0.2, 0.25) is 0 Å². The van der Waals surface area contributed by atoms with Crippen LogP contribution in [0, 0.1) is 0 Å². The molecule has 0 aliphatic heterocycles. The summed E-state index contributed by atoms with van der Waals surface area (Å²) in [7, 11) is 0. The first-order valence-corrected chi connectivity index (χ1v) is 7.41.